The van der Waals surface area contributed by atoms with Crippen molar-refractivity contribution in [3.63, 3.8) is 0 Å². The number of pyridine rings is 1. The molecule has 180 valence electrons. The highest BCUT2D eigenvalue weighted by molar-refractivity contribution is 5.94. The molecule has 5 rings (SSSR count). The summed E-state index contributed by atoms with van der Waals surface area (Å²) in [7, 11) is 1.53. The lowest BCUT2D eigenvalue weighted by atomic mass is 9.92. The van der Waals surface area contributed by atoms with Crippen LogP contribution in [0.25, 0.3) is 5.82 Å². The maximum atomic E-state index is 11.9. The zero-order valence-electron chi connectivity index (χ0n) is 20.2. The molecule has 0 radical (unpaired) electrons. The number of ether oxygens (including phenoxy) is 2. The van der Waals surface area contributed by atoms with E-state index in [0.717, 1.165) is 29.9 Å². The Kier molecular flexibility index (Phi) is 5.96. The van der Waals surface area contributed by atoms with Crippen molar-refractivity contribution in [2.75, 3.05) is 20.2 Å². The molecule has 1 fully saturated rings. The first kappa shape index (κ1) is 23.0. The number of carbonyl (C=O) groups excluding carboxylic acids is 1. The summed E-state index contributed by atoms with van der Waals surface area (Å²) < 4.78 is 12.2. The predicted octanol–water partition coefficient (Wildman–Crippen LogP) is 2.36. The van der Waals surface area contributed by atoms with Gasteiger partial charge in [-0.05, 0) is 38.0 Å². The number of aryl methyl sites for hydroxylation is 1. The molecule has 1 N–H and O–H groups in total. The molecule has 2 aliphatic rings. The van der Waals surface area contributed by atoms with Crippen LogP contribution in [0.4, 0.5) is 0 Å². The number of piperazine rings is 1. The van der Waals surface area contributed by atoms with Crippen molar-refractivity contribution in [3.8, 4) is 17.6 Å². The quantitative estimate of drug-likeness (QED) is 0.557. The van der Waals surface area contributed by atoms with E-state index < -0.39 is 0 Å². The zero-order chi connectivity index (χ0) is 24.7. The zero-order valence-corrected chi connectivity index (χ0v) is 20.2. The second-order valence-electron chi connectivity index (χ2n) is 9.11. The summed E-state index contributed by atoms with van der Waals surface area (Å²) in [6.07, 6.45) is 1.86. The maximum absolute atomic E-state index is 11.9. The SMILES string of the molecule is COc1cc(-n2cc(CN3C[C@@H](c4ccc5c(c4C)COC5=O)N[C@@H](C)C3)nn2)nc(C)c1C#N. The van der Waals surface area contributed by atoms with Crippen LogP contribution in [-0.2, 0) is 17.9 Å². The Bertz CT molecular complexity index is 1340. The lowest BCUT2D eigenvalue weighted by Crippen LogP contribution is -2.50. The highest BCUT2D eigenvalue weighted by Gasteiger charge is 2.30. The predicted molar refractivity (Wildman–Crippen MR) is 126 cm³/mol. The van der Waals surface area contributed by atoms with Gasteiger partial charge in [-0.3, -0.25) is 4.90 Å². The highest BCUT2D eigenvalue weighted by atomic mass is 16.5. The van der Waals surface area contributed by atoms with Gasteiger partial charge in [-0.25, -0.2) is 14.5 Å². The van der Waals surface area contributed by atoms with E-state index in [0.29, 0.717) is 41.5 Å². The summed E-state index contributed by atoms with van der Waals surface area (Å²) in [5.74, 6) is 0.769. The number of fused-ring (bicyclic) bond motifs is 1. The molecule has 4 heterocycles. The molecule has 35 heavy (non-hydrogen) atoms. The van der Waals surface area contributed by atoms with Gasteiger partial charge in [-0.15, -0.1) is 5.10 Å². The Morgan fingerprint density at radius 2 is 2.14 bits per heavy atom. The first-order chi connectivity index (χ1) is 16.9. The van der Waals surface area contributed by atoms with Crippen molar-refractivity contribution in [1.29, 1.82) is 5.26 Å². The third kappa shape index (κ3) is 4.24. The van der Waals surface area contributed by atoms with Crippen LogP contribution in [0, 0.1) is 25.2 Å². The molecule has 0 amide bonds. The standard InChI is InChI=1S/C25H27N7O3/c1-14-9-31(12-22(27-14)18-5-6-19-21(15(18)2)13-35-25(19)33)10-17-11-32(30-29-17)24-7-23(34-4)20(8-26)16(3)28-24/h5-7,11,14,22,27H,9-10,12-13H2,1-4H3/t14-,22-/m0/s1. The van der Waals surface area contributed by atoms with E-state index in [4.69, 9.17) is 9.47 Å². The minimum absolute atomic E-state index is 0.127. The van der Waals surface area contributed by atoms with Gasteiger partial charge in [0, 0.05) is 43.3 Å². The van der Waals surface area contributed by atoms with Gasteiger partial charge in [0.1, 0.15) is 24.0 Å². The van der Waals surface area contributed by atoms with E-state index in [1.807, 2.05) is 18.3 Å². The Balaban J connectivity index is 1.34. The number of esters is 1. The van der Waals surface area contributed by atoms with Crippen molar-refractivity contribution >= 4 is 5.97 Å². The van der Waals surface area contributed by atoms with Crippen molar-refractivity contribution < 1.29 is 14.3 Å². The number of benzene rings is 1. The fourth-order valence-corrected chi connectivity index (χ4v) is 4.99. The molecule has 0 saturated carbocycles. The second kappa shape index (κ2) is 9.09. The van der Waals surface area contributed by atoms with Crippen LogP contribution in [-0.4, -0.2) is 57.1 Å². The van der Waals surface area contributed by atoms with Gasteiger partial charge in [0.05, 0.1) is 30.3 Å². The first-order valence-electron chi connectivity index (χ1n) is 11.5. The molecule has 1 saturated heterocycles. The fourth-order valence-electron chi connectivity index (χ4n) is 4.99. The lowest BCUT2D eigenvalue weighted by molar-refractivity contribution is 0.0535. The normalized spacial score (nSPS) is 19.8. The number of nitrogens with zero attached hydrogens (tertiary/aromatic N) is 6. The lowest BCUT2D eigenvalue weighted by Gasteiger charge is -2.38. The second-order valence-corrected chi connectivity index (χ2v) is 9.11. The molecular weight excluding hydrogens is 446 g/mol. The Labute approximate surface area is 203 Å². The maximum Gasteiger partial charge on any atom is 0.338 e. The van der Waals surface area contributed by atoms with Crippen LogP contribution in [0.5, 0.6) is 5.75 Å². The molecule has 10 heteroatoms. The summed E-state index contributed by atoms with van der Waals surface area (Å²) in [5.41, 5.74) is 5.78. The van der Waals surface area contributed by atoms with Crippen LogP contribution in [0.2, 0.25) is 0 Å². The number of nitrogens with one attached hydrogen (secondary N) is 1. The summed E-state index contributed by atoms with van der Waals surface area (Å²) in [6.45, 7) is 8.66. The van der Waals surface area contributed by atoms with E-state index in [1.54, 1.807) is 17.7 Å². The molecule has 0 bridgehead atoms. The largest absolute Gasteiger partial charge is 0.495 e. The van der Waals surface area contributed by atoms with Gasteiger partial charge in [-0.2, -0.15) is 5.26 Å². The Morgan fingerprint density at radius 1 is 1.31 bits per heavy atom. The van der Waals surface area contributed by atoms with Crippen LogP contribution in [0.3, 0.4) is 0 Å². The minimum Gasteiger partial charge on any atom is -0.495 e. The van der Waals surface area contributed by atoms with Crippen molar-refractivity contribution in [1.82, 2.24) is 30.2 Å². The van der Waals surface area contributed by atoms with Gasteiger partial charge in [0.2, 0.25) is 0 Å². The number of hydrogen-bond acceptors (Lipinski definition) is 9. The average molecular weight is 474 g/mol. The van der Waals surface area contributed by atoms with Crippen LogP contribution in [0.1, 0.15) is 57.0 Å². The van der Waals surface area contributed by atoms with Crippen molar-refractivity contribution in [2.24, 2.45) is 0 Å². The van der Waals surface area contributed by atoms with Crippen molar-refractivity contribution in [3.05, 3.63) is 63.6 Å². The molecule has 2 aliphatic heterocycles. The number of cyclic esters (lactones) is 1. The number of rotatable bonds is 5. The number of nitriles is 1. The van der Waals surface area contributed by atoms with E-state index in [9.17, 15) is 10.1 Å². The van der Waals surface area contributed by atoms with Gasteiger partial charge in [0.25, 0.3) is 0 Å². The molecule has 1 aromatic carbocycles. The molecule has 2 aromatic heterocycles. The first-order valence-corrected chi connectivity index (χ1v) is 11.5. The number of hydrogen-bond donors (Lipinski definition) is 1. The smallest absolute Gasteiger partial charge is 0.338 e. The third-order valence-corrected chi connectivity index (χ3v) is 6.69. The molecule has 0 aliphatic carbocycles. The van der Waals surface area contributed by atoms with E-state index >= 15 is 0 Å². The van der Waals surface area contributed by atoms with Gasteiger partial charge in [0.15, 0.2) is 5.82 Å². The molecule has 2 atom stereocenters. The number of aromatic nitrogens is 4. The summed E-state index contributed by atoms with van der Waals surface area (Å²) in [5, 5.41) is 21.7. The minimum atomic E-state index is -0.242. The van der Waals surface area contributed by atoms with Crippen molar-refractivity contribution in [2.45, 2.75) is 46.0 Å². The molecule has 3 aromatic rings. The Hall–Kier alpha value is -3.81. The summed E-state index contributed by atoms with van der Waals surface area (Å²) in [4.78, 5) is 18.8. The van der Waals surface area contributed by atoms with Crippen LogP contribution in [0.15, 0.2) is 24.4 Å². The summed E-state index contributed by atoms with van der Waals surface area (Å²) in [6, 6.07) is 8.14. The monoisotopic (exact) mass is 473 g/mol. The summed E-state index contributed by atoms with van der Waals surface area (Å²) >= 11 is 0. The third-order valence-electron chi connectivity index (χ3n) is 6.69. The fraction of sp³-hybridized carbons (Fsp3) is 0.400. The van der Waals surface area contributed by atoms with E-state index in [1.165, 1.54) is 12.7 Å². The highest BCUT2D eigenvalue weighted by Crippen LogP contribution is 2.31. The van der Waals surface area contributed by atoms with Crippen LogP contribution < -0.4 is 10.1 Å². The molecule has 0 unspecified atom stereocenters. The number of methoxy groups -OCH3 is 1. The van der Waals surface area contributed by atoms with Gasteiger partial charge < -0.3 is 14.8 Å². The Morgan fingerprint density at radius 3 is 2.91 bits per heavy atom. The van der Waals surface area contributed by atoms with Gasteiger partial charge >= 0.3 is 5.97 Å². The molecular formula is C25H27N7O3. The van der Waals surface area contributed by atoms with E-state index in [-0.39, 0.29) is 18.1 Å². The average Bonchev–Trinajstić information content (AvgIpc) is 3.45. The van der Waals surface area contributed by atoms with E-state index in [2.05, 4.69) is 45.4 Å². The van der Waals surface area contributed by atoms with Crippen LogP contribution >= 0.6 is 0 Å². The number of carbonyl (C=O) groups is 1. The van der Waals surface area contributed by atoms with Gasteiger partial charge in [-0.1, -0.05) is 11.3 Å². The molecule has 10 nitrogen and oxygen atoms in total. The topological polar surface area (TPSA) is 118 Å². The molecule has 0 spiro atoms.